The van der Waals surface area contributed by atoms with Gasteiger partial charge in [-0.2, -0.15) is 4.98 Å². The van der Waals surface area contributed by atoms with Gasteiger partial charge in [0.15, 0.2) is 0 Å². The van der Waals surface area contributed by atoms with Crippen LogP contribution in [0.15, 0.2) is 59.5 Å². The summed E-state index contributed by atoms with van der Waals surface area (Å²) in [6.45, 7) is 9.51. The van der Waals surface area contributed by atoms with Crippen LogP contribution in [0.2, 0.25) is 0 Å². The second kappa shape index (κ2) is 18.3. The highest BCUT2D eigenvalue weighted by molar-refractivity contribution is 9.10. The Labute approximate surface area is 390 Å². The average Bonchev–Trinajstić information content (AvgIpc) is 3.79. The molecule has 66 heavy (non-hydrogen) atoms. The van der Waals surface area contributed by atoms with Gasteiger partial charge in [0, 0.05) is 93.2 Å². The fourth-order valence-electron chi connectivity index (χ4n) is 10.3. The smallest absolute Gasteiger partial charge is 0.229 e. The Balaban J connectivity index is 0.803. The van der Waals surface area contributed by atoms with Crippen molar-refractivity contribution in [2.24, 2.45) is 11.3 Å². The van der Waals surface area contributed by atoms with Gasteiger partial charge in [-0.25, -0.2) is 13.8 Å². The first kappa shape index (κ1) is 45.7. The van der Waals surface area contributed by atoms with E-state index in [1.54, 1.807) is 39.0 Å². The molecule has 1 unspecified atom stereocenters. The number of piperidine rings is 3. The number of amides is 2. The molecule has 4 aliphatic heterocycles. The fourth-order valence-corrected chi connectivity index (χ4v) is 12.0. The van der Waals surface area contributed by atoms with E-state index in [-0.39, 0.29) is 41.6 Å². The summed E-state index contributed by atoms with van der Waals surface area (Å²) in [5.41, 5.74) is 5.03. The number of aliphatic hydroxyl groups excluding tert-OH is 1. The molecule has 9 rings (SSSR count). The zero-order valence-electron chi connectivity index (χ0n) is 37.4. The number of likely N-dealkylation sites (tertiary alicyclic amines) is 1. The highest BCUT2D eigenvalue weighted by atomic mass is 79.9. The van der Waals surface area contributed by atoms with E-state index in [2.05, 4.69) is 64.7 Å². The van der Waals surface area contributed by atoms with Crippen molar-refractivity contribution in [2.75, 3.05) is 80.1 Å². The number of anilines is 6. The summed E-state index contributed by atoms with van der Waals surface area (Å²) in [5, 5.41) is 20.0. The van der Waals surface area contributed by atoms with E-state index in [0.29, 0.717) is 88.0 Å². The molecule has 6 heterocycles. The second-order valence-electron chi connectivity index (χ2n) is 18.4. The number of fused-ring (bicyclic) bond motifs is 1. The van der Waals surface area contributed by atoms with Gasteiger partial charge in [-0.3, -0.25) is 19.6 Å². The van der Waals surface area contributed by atoms with Crippen molar-refractivity contribution >= 4 is 85.7 Å². The standard InChI is InChI=1S/C47H54BrF2N10O5P/c1-27-21-36(55-46-53-25-31(48)43(57-46)54-35-7-6-34-41(52-15-14-51-34)42(35)66(3,4)64)38(65-2)24-37(27)58-17-10-47(11-18-58)12-19-59(20-13-47)45(63)28-9-16-60(26-28)29-22-32(49)40(33(50)23-29)30-5-8-39(61)56-44(30)62/h6-7,14-15,21-25,28,30,44,62H,5,8-13,16-20,26H2,1-4H3,(H,56,61)(H2,53,54,55,57)/t28-,30-,44?/m1/s1. The number of carbonyl (C=O) groups is 2. The molecule has 0 saturated carbocycles. The number of ether oxygens (including phenoxy) is 1. The van der Waals surface area contributed by atoms with Crippen molar-refractivity contribution in [2.45, 2.75) is 64.0 Å². The number of hydrogen-bond acceptors (Lipinski definition) is 13. The second-order valence-corrected chi connectivity index (χ2v) is 22.4. The van der Waals surface area contributed by atoms with Gasteiger partial charge in [0.25, 0.3) is 0 Å². The molecular weight excluding hydrogens is 933 g/mol. The lowest BCUT2D eigenvalue weighted by Crippen LogP contribution is -2.49. The molecule has 3 aromatic carbocycles. The van der Waals surface area contributed by atoms with Crippen LogP contribution >= 0.6 is 23.1 Å². The van der Waals surface area contributed by atoms with E-state index in [1.807, 2.05) is 28.0 Å². The zero-order valence-corrected chi connectivity index (χ0v) is 39.9. The van der Waals surface area contributed by atoms with Crippen LogP contribution < -0.4 is 35.8 Å². The van der Waals surface area contributed by atoms with Crippen LogP contribution in [0.25, 0.3) is 11.0 Å². The molecule has 4 fully saturated rings. The molecule has 4 N–H and O–H groups in total. The molecule has 1 spiro atoms. The molecule has 4 aliphatic rings. The van der Waals surface area contributed by atoms with Gasteiger partial charge in [-0.05, 0) is 116 Å². The van der Waals surface area contributed by atoms with Crippen molar-refractivity contribution in [1.29, 1.82) is 0 Å². The van der Waals surface area contributed by atoms with Gasteiger partial charge < -0.3 is 45.1 Å². The van der Waals surface area contributed by atoms with Crippen molar-refractivity contribution < 1.29 is 32.8 Å². The van der Waals surface area contributed by atoms with E-state index < -0.39 is 30.9 Å². The van der Waals surface area contributed by atoms with Gasteiger partial charge in [-0.15, -0.1) is 0 Å². The minimum absolute atomic E-state index is 0.0861. The molecule has 348 valence electrons. The third-order valence-electron chi connectivity index (χ3n) is 13.9. The minimum Gasteiger partial charge on any atom is -0.494 e. The molecule has 2 aromatic heterocycles. The highest BCUT2D eigenvalue weighted by Crippen LogP contribution is 2.45. The van der Waals surface area contributed by atoms with E-state index in [0.717, 1.165) is 50.0 Å². The van der Waals surface area contributed by atoms with Gasteiger partial charge in [0.1, 0.15) is 42.1 Å². The average molecular weight is 988 g/mol. The maximum atomic E-state index is 15.3. The van der Waals surface area contributed by atoms with Crippen LogP contribution in [-0.2, 0) is 14.2 Å². The van der Waals surface area contributed by atoms with Gasteiger partial charge in [0.2, 0.25) is 17.8 Å². The summed E-state index contributed by atoms with van der Waals surface area (Å²) in [6.07, 6.45) is 8.21. The first-order valence-electron chi connectivity index (χ1n) is 22.4. The Morgan fingerprint density at radius 2 is 1.65 bits per heavy atom. The quantitative estimate of drug-likeness (QED) is 0.101. The molecule has 4 saturated heterocycles. The number of benzene rings is 3. The summed E-state index contributed by atoms with van der Waals surface area (Å²) < 4.78 is 50.7. The summed E-state index contributed by atoms with van der Waals surface area (Å²) in [4.78, 5) is 49.9. The van der Waals surface area contributed by atoms with Gasteiger partial charge >= 0.3 is 0 Å². The predicted molar refractivity (Wildman–Crippen MR) is 255 cm³/mol. The number of nitrogens with one attached hydrogen (secondary N) is 3. The van der Waals surface area contributed by atoms with Crippen LogP contribution in [0.1, 0.15) is 62.0 Å². The largest absolute Gasteiger partial charge is 0.494 e. The first-order chi connectivity index (χ1) is 31.6. The number of aromatic nitrogens is 4. The lowest BCUT2D eigenvalue weighted by atomic mass is 9.71. The molecule has 3 atom stereocenters. The Hall–Kier alpha value is -5.45. The van der Waals surface area contributed by atoms with Crippen molar-refractivity contribution in [1.82, 2.24) is 30.2 Å². The molecule has 0 bridgehead atoms. The molecule has 19 heteroatoms. The summed E-state index contributed by atoms with van der Waals surface area (Å²) in [6, 6.07) is 10.3. The van der Waals surface area contributed by atoms with E-state index in [1.165, 1.54) is 12.1 Å². The molecule has 2 amide bonds. The zero-order chi connectivity index (χ0) is 46.5. The summed E-state index contributed by atoms with van der Waals surface area (Å²) in [7, 11) is -1.15. The Bertz CT molecular complexity index is 2720. The maximum Gasteiger partial charge on any atom is 0.229 e. The first-order valence-corrected chi connectivity index (χ1v) is 25.8. The van der Waals surface area contributed by atoms with Crippen molar-refractivity contribution in [3.63, 3.8) is 0 Å². The number of rotatable bonds is 10. The topological polar surface area (TPSA) is 178 Å². The lowest BCUT2D eigenvalue weighted by Gasteiger charge is -2.48. The Morgan fingerprint density at radius 1 is 0.939 bits per heavy atom. The monoisotopic (exact) mass is 986 g/mol. The highest BCUT2D eigenvalue weighted by Gasteiger charge is 2.41. The van der Waals surface area contributed by atoms with E-state index in [4.69, 9.17) is 9.72 Å². The Morgan fingerprint density at radius 3 is 2.35 bits per heavy atom. The molecule has 0 aliphatic carbocycles. The SMILES string of the molecule is COc1cc(N2CCC3(CCN(C(=O)[C@@H]4CCN(c5cc(F)c([C@H]6CCC(=O)NC6O)c(F)c5)C4)CC3)CC2)c(C)cc1Nc1ncc(Br)c(Nc2ccc3nccnc3c2P(C)(C)=O)n1. The molecule has 15 nitrogen and oxygen atoms in total. The van der Waals surface area contributed by atoms with Crippen molar-refractivity contribution in [3.05, 3.63) is 82.2 Å². The van der Waals surface area contributed by atoms with E-state index in [9.17, 15) is 19.3 Å². The third-order valence-corrected chi connectivity index (χ3v) is 16.0. The number of hydrogen-bond donors (Lipinski definition) is 4. The number of methoxy groups -OCH3 is 1. The summed E-state index contributed by atoms with van der Waals surface area (Å²) in [5.74, 6) is -1.44. The minimum atomic E-state index is -2.79. The van der Waals surface area contributed by atoms with Gasteiger partial charge in [0.05, 0.1) is 39.7 Å². The summed E-state index contributed by atoms with van der Waals surface area (Å²) >= 11 is 3.57. The van der Waals surface area contributed by atoms with Crippen LogP contribution in [-0.4, -0.2) is 108 Å². The van der Waals surface area contributed by atoms with Crippen LogP contribution in [0, 0.1) is 29.9 Å². The van der Waals surface area contributed by atoms with E-state index >= 15 is 8.78 Å². The third kappa shape index (κ3) is 9.15. The lowest BCUT2D eigenvalue weighted by molar-refractivity contribution is -0.137. The molecule has 5 aromatic rings. The van der Waals surface area contributed by atoms with Crippen LogP contribution in [0.5, 0.6) is 5.75 Å². The normalized spacial score (nSPS) is 21.0. The van der Waals surface area contributed by atoms with Crippen LogP contribution in [0.3, 0.4) is 0 Å². The molecule has 0 radical (unpaired) electrons. The number of aryl methyl sites for hydroxylation is 1. The number of carbonyl (C=O) groups excluding carboxylic acids is 2. The Kier molecular flexibility index (Phi) is 12.7. The number of halogens is 3. The predicted octanol–water partition coefficient (Wildman–Crippen LogP) is 7.56. The van der Waals surface area contributed by atoms with Crippen molar-refractivity contribution in [3.8, 4) is 5.75 Å². The number of aliphatic hydroxyl groups is 1. The molecular formula is C47H54BrF2N10O5P. The van der Waals surface area contributed by atoms with Gasteiger partial charge in [-0.1, -0.05) is 0 Å². The maximum absolute atomic E-state index is 15.3. The fraction of sp³-hybridized carbons (Fsp3) is 0.447. The number of nitrogens with zero attached hydrogens (tertiary/aromatic N) is 7. The van der Waals surface area contributed by atoms with Crippen LogP contribution in [0.4, 0.5) is 43.3 Å².